The molecule has 0 saturated heterocycles. The SMILES string of the molecule is CCC(C)CN(CC)CC(C#N)(NC)c1ccccc1. The second kappa shape index (κ2) is 8.04. The highest BCUT2D eigenvalue weighted by Crippen LogP contribution is 2.22. The zero-order valence-corrected chi connectivity index (χ0v) is 13.2. The highest BCUT2D eigenvalue weighted by atomic mass is 15.2. The van der Waals surface area contributed by atoms with Crippen molar-refractivity contribution in [1.29, 1.82) is 5.26 Å². The maximum atomic E-state index is 9.73. The third kappa shape index (κ3) is 4.06. The molecular formula is C17H27N3. The maximum Gasteiger partial charge on any atom is 0.144 e. The second-order valence-corrected chi connectivity index (χ2v) is 5.47. The summed E-state index contributed by atoms with van der Waals surface area (Å²) >= 11 is 0. The largest absolute Gasteiger partial charge is 0.300 e. The summed E-state index contributed by atoms with van der Waals surface area (Å²) in [6.45, 7) is 9.34. The molecule has 0 aliphatic heterocycles. The van der Waals surface area contributed by atoms with Crippen molar-refractivity contribution in [3.8, 4) is 6.07 Å². The van der Waals surface area contributed by atoms with Crippen molar-refractivity contribution in [1.82, 2.24) is 10.2 Å². The summed E-state index contributed by atoms with van der Waals surface area (Å²) in [5.41, 5.74) is 0.401. The molecule has 0 radical (unpaired) electrons. The number of benzene rings is 1. The zero-order chi connectivity index (χ0) is 15.0. The van der Waals surface area contributed by atoms with Crippen LogP contribution in [0.3, 0.4) is 0 Å². The summed E-state index contributed by atoms with van der Waals surface area (Å²) in [7, 11) is 1.87. The molecule has 1 aromatic rings. The van der Waals surface area contributed by atoms with Crippen LogP contribution < -0.4 is 5.32 Å². The van der Waals surface area contributed by atoms with Crippen molar-refractivity contribution < 1.29 is 0 Å². The van der Waals surface area contributed by atoms with Gasteiger partial charge in [-0.05, 0) is 25.1 Å². The summed E-state index contributed by atoms with van der Waals surface area (Å²) < 4.78 is 0. The molecule has 0 bridgehead atoms. The van der Waals surface area contributed by atoms with E-state index in [4.69, 9.17) is 0 Å². The lowest BCUT2D eigenvalue weighted by atomic mass is 9.90. The van der Waals surface area contributed by atoms with Gasteiger partial charge >= 0.3 is 0 Å². The highest BCUT2D eigenvalue weighted by molar-refractivity contribution is 5.31. The van der Waals surface area contributed by atoms with Crippen LogP contribution in [0.2, 0.25) is 0 Å². The summed E-state index contributed by atoms with van der Waals surface area (Å²) in [6.07, 6.45) is 1.17. The van der Waals surface area contributed by atoms with Crippen molar-refractivity contribution in [2.45, 2.75) is 32.7 Å². The minimum Gasteiger partial charge on any atom is -0.300 e. The van der Waals surface area contributed by atoms with Crippen LogP contribution in [0.4, 0.5) is 0 Å². The molecule has 2 unspecified atom stereocenters. The molecule has 1 rings (SSSR count). The van der Waals surface area contributed by atoms with E-state index in [1.807, 2.05) is 37.4 Å². The topological polar surface area (TPSA) is 39.1 Å². The molecular weight excluding hydrogens is 246 g/mol. The lowest BCUT2D eigenvalue weighted by Gasteiger charge is -2.34. The first-order valence-electron chi connectivity index (χ1n) is 7.49. The van der Waals surface area contributed by atoms with E-state index in [1.165, 1.54) is 6.42 Å². The van der Waals surface area contributed by atoms with E-state index >= 15 is 0 Å². The van der Waals surface area contributed by atoms with Gasteiger partial charge in [0, 0.05) is 13.1 Å². The van der Waals surface area contributed by atoms with Crippen LogP contribution >= 0.6 is 0 Å². The van der Waals surface area contributed by atoms with Gasteiger partial charge in [-0.1, -0.05) is 57.5 Å². The van der Waals surface area contributed by atoms with Gasteiger partial charge in [0.2, 0.25) is 0 Å². The lowest BCUT2D eigenvalue weighted by Crippen LogP contribution is -2.49. The van der Waals surface area contributed by atoms with Gasteiger partial charge < -0.3 is 4.90 Å². The Hall–Kier alpha value is -1.37. The summed E-state index contributed by atoms with van der Waals surface area (Å²) in [6, 6.07) is 12.5. The average Bonchev–Trinajstić information content (AvgIpc) is 2.52. The number of hydrogen-bond acceptors (Lipinski definition) is 3. The molecule has 0 aliphatic carbocycles. The third-order valence-corrected chi connectivity index (χ3v) is 4.06. The first kappa shape index (κ1) is 16.7. The second-order valence-electron chi connectivity index (χ2n) is 5.47. The Bertz CT molecular complexity index is 424. The fourth-order valence-corrected chi connectivity index (χ4v) is 2.40. The van der Waals surface area contributed by atoms with Crippen molar-refractivity contribution >= 4 is 0 Å². The van der Waals surface area contributed by atoms with Gasteiger partial charge in [-0.15, -0.1) is 0 Å². The third-order valence-electron chi connectivity index (χ3n) is 4.06. The lowest BCUT2D eigenvalue weighted by molar-refractivity contribution is 0.198. The molecule has 0 heterocycles. The molecule has 3 nitrogen and oxygen atoms in total. The fraction of sp³-hybridized carbons (Fsp3) is 0.588. The molecule has 0 aliphatic rings. The molecule has 0 saturated carbocycles. The highest BCUT2D eigenvalue weighted by Gasteiger charge is 2.32. The number of likely N-dealkylation sites (N-methyl/N-ethyl adjacent to an activating group) is 2. The van der Waals surface area contributed by atoms with Crippen molar-refractivity contribution in [2.24, 2.45) is 5.92 Å². The monoisotopic (exact) mass is 273 g/mol. The predicted octanol–water partition coefficient (Wildman–Crippen LogP) is 2.99. The Morgan fingerprint density at radius 2 is 1.95 bits per heavy atom. The van der Waals surface area contributed by atoms with Gasteiger partial charge in [0.1, 0.15) is 5.54 Å². The van der Waals surface area contributed by atoms with Crippen LogP contribution in [0.1, 0.15) is 32.8 Å². The summed E-state index contributed by atoms with van der Waals surface area (Å²) in [4.78, 5) is 2.36. The van der Waals surface area contributed by atoms with E-state index in [9.17, 15) is 5.26 Å². The van der Waals surface area contributed by atoms with Crippen molar-refractivity contribution in [2.75, 3.05) is 26.7 Å². The van der Waals surface area contributed by atoms with E-state index in [-0.39, 0.29) is 0 Å². The minimum absolute atomic E-state index is 0.634. The van der Waals surface area contributed by atoms with Crippen molar-refractivity contribution in [3.05, 3.63) is 35.9 Å². The first-order chi connectivity index (χ1) is 9.61. The molecule has 0 amide bonds. The van der Waals surface area contributed by atoms with Crippen molar-refractivity contribution in [3.63, 3.8) is 0 Å². The average molecular weight is 273 g/mol. The molecule has 2 atom stereocenters. The van der Waals surface area contributed by atoms with E-state index < -0.39 is 5.54 Å². The molecule has 0 aromatic heterocycles. The summed E-state index contributed by atoms with van der Waals surface area (Å²) in [5.74, 6) is 0.652. The quantitative estimate of drug-likeness (QED) is 0.791. The Morgan fingerprint density at radius 1 is 1.30 bits per heavy atom. The number of rotatable bonds is 8. The molecule has 1 aromatic carbocycles. The van der Waals surface area contributed by atoms with Gasteiger partial charge in [-0.25, -0.2) is 0 Å². The first-order valence-corrected chi connectivity index (χ1v) is 7.49. The Kier molecular flexibility index (Phi) is 6.70. The standard InChI is InChI=1S/C17H27N3/c1-5-15(3)12-20(6-2)14-17(13-18,19-4)16-10-8-7-9-11-16/h7-11,15,19H,5-6,12,14H2,1-4H3. The van der Waals surface area contributed by atoms with Crippen LogP contribution in [0.25, 0.3) is 0 Å². The number of hydrogen-bond donors (Lipinski definition) is 1. The zero-order valence-electron chi connectivity index (χ0n) is 13.2. The number of nitriles is 1. The predicted molar refractivity (Wildman–Crippen MR) is 84.4 cm³/mol. The van der Waals surface area contributed by atoms with E-state index in [1.54, 1.807) is 0 Å². The minimum atomic E-state index is -0.634. The fourth-order valence-electron chi connectivity index (χ4n) is 2.40. The van der Waals surface area contributed by atoms with E-state index in [0.29, 0.717) is 12.5 Å². The molecule has 0 spiro atoms. The van der Waals surface area contributed by atoms with Gasteiger partial charge in [0.05, 0.1) is 6.07 Å². The van der Waals surface area contributed by atoms with E-state index in [2.05, 4.69) is 37.1 Å². The van der Waals surface area contributed by atoms with Gasteiger partial charge in [-0.3, -0.25) is 5.32 Å². The maximum absolute atomic E-state index is 9.73. The van der Waals surface area contributed by atoms with Crippen LogP contribution in [-0.4, -0.2) is 31.6 Å². The van der Waals surface area contributed by atoms with Crippen LogP contribution in [-0.2, 0) is 5.54 Å². The molecule has 0 fully saturated rings. The Labute approximate surface area is 123 Å². The van der Waals surface area contributed by atoms with E-state index in [0.717, 1.165) is 18.7 Å². The van der Waals surface area contributed by atoms with Crippen LogP contribution in [0.5, 0.6) is 0 Å². The van der Waals surface area contributed by atoms with Gasteiger partial charge in [0.15, 0.2) is 0 Å². The Balaban J connectivity index is 2.94. The molecule has 3 heteroatoms. The number of nitrogens with one attached hydrogen (secondary N) is 1. The molecule has 110 valence electrons. The normalized spacial score (nSPS) is 15.6. The summed E-state index contributed by atoms with van der Waals surface area (Å²) in [5, 5.41) is 13.0. The number of nitrogens with zero attached hydrogens (tertiary/aromatic N) is 2. The van der Waals surface area contributed by atoms with Crippen LogP contribution in [0.15, 0.2) is 30.3 Å². The molecule has 20 heavy (non-hydrogen) atoms. The van der Waals surface area contributed by atoms with Crippen LogP contribution in [0, 0.1) is 17.2 Å². The molecule has 1 N–H and O–H groups in total. The van der Waals surface area contributed by atoms with Gasteiger partial charge in [-0.2, -0.15) is 5.26 Å². The smallest absolute Gasteiger partial charge is 0.144 e. The van der Waals surface area contributed by atoms with Gasteiger partial charge in [0.25, 0.3) is 0 Å². The Morgan fingerprint density at radius 3 is 2.40 bits per heavy atom.